The van der Waals surface area contributed by atoms with E-state index in [1.54, 1.807) is 0 Å². The number of benzene rings is 3. The predicted molar refractivity (Wildman–Crippen MR) is 140 cm³/mol. The normalized spacial score (nSPS) is 13.7. The number of rotatable bonds is 3. The zero-order valence-electron chi connectivity index (χ0n) is 18.6. The van der Waals surface area contributed by atoms with E-state index in [1.165, 1.54) is 32.9 Å². The van der Waals surface area contributed by atoms with E-state index < -0.39 is 0 Å². The fourth-order valence-corrected chi connectivity index (χ4v) is 5.16. The molecule has 3 aromatic carbocycles. The highest BCUT2D eigenvalue weighted by Gasteiger charge is 2.18. The van der Waals surface area contributed by atoms with Gasteiger partial charge in [0.05, 0.1) is 16.6 Å². The van der Waals surface area contributed by atoms with Crippen molar-refractivity contribution in [1.29, 1.82) is 0 Å². The van der Waals surface area contributed by atoms with Crippen LogP contribution in [0.1, 0.15) is 12.8 Å². The molecule has 34 heavy (non-hydrogen) atoms. The Morgan fingerprint density at radius 2 is 1.62 bits per heavy atom. The number of hydrogen-bond donors (Lipinski definition) is 0. The van der Waals surface area contributed by atoms with Gasteiger partial charge in [-0.3, -0.25) is 0 Å². The lowest BCUT2D eigenvalue weighted by atomic mass is 10.1. The molecule has 6 aromatic rings. The van der Waals surface area contributed by atoms with Gasteiger partial charge in [-0.1, -0.05) is 66.7 Å². The van der Waals surface area contributed by atoms with Gasteiger partial charge in [0, 0.05) is 39.8 Å². The van der Waals surface area contributed by atoms with Crippen LogP contribution < -0.4 is 0 Å². The van der Waals surface area contributed by atoms with Crippen molar-refractivity contribution in [3.8, 4) is 17.2 Å². The summed E-state index contributed by atoms with van der Waals surface area (Å²) in [4.78, 5) is 9.41. The molecule has 0 amide bonds. The van der Waals surface area contributed by atoms with Gasteiger partial charge < -0.3 is 9.13 Å². The van der Waals surface area contributed by atoms with E-state index >= 15 is 0 Å². The minimum atomic E-state index is 0.731. The Balaban J connectivity index is 1.49. The number of para-hydroxylation sites is 1. The average molecular weight is 439 g/mol. The van der Waals surface area contributed by atoms with E-state index in [9.17, 15) is 0 Å². The summed E-state index contributed by atoms with van der Waals surface area (Å²) < 4.78 is 4.62. The first-order valence-corrected chi connectivity index (χ1v) is 11.7. The Hall–Kier alpha value is -4.44. The average Bonchev–Trinajstić information content (AvgIpc) is 3.49. The van der Waals surface area contributed by atoms with Gasteiger partial charge in [0.2, 0.25) is 0 Å². The van der Waals surface area contributed by atoms with Crippen LogP contribution in [0, 0.1) is 0 Å². The maximum Gasteiger partial charge on any atom is 0.161 e. The van der Waals surface area contributed by atoms with Crippen LogP contribution in [0.15, 0.2) is 109 Å². The van der Waals surface area contributed by atoms with Crippen molar-refractivity contribution >= 4 is 38.4 Å². The minimum absolute atomic E-state index is 0.731. The van der Waals surface area contributed by atoms with Crippen molar-refractivity contribution in [3.05, 3.63) is 109 Å². The highest BCUT2D eigenvalue weighted by Crippen LogP contribution is 2.38. The number of allylic oxidation sites excluding steroid dienone is 4. The van der Waals surface area contributed by atoms with Gasteiger partial charge in [-0.15, -0.1) is 0 Å². The smallest absolute Gasteiger partial charge is 0.161 e. The monoisotopic (exact) mass is 438 g/mol. The van der Waals surface area contributed by atoms with E-state index in [4.69, 9.17) is 4.98 Å². The largest absolute Gasteiger partial charge is 0.312 e. The topological polar surface area (TPSA) is 35.6 Å². The SMILES string of the molecule is C1=CCCC(n2c3ccccc3c3ccc4c(ccn4-c4ccnc(-c5ccccc5)n4)c32)=C1. The molecule has 0 saturated carbocycles. The first-order valence-electron chi connectivity index (χ1n) is 11.7. The predicted octanol–water partition coefficient (Wildman–Crippen LogP) is 7.39. The van der Waals surface area contributed by atoms with E-state index in [0.29, 0.717) is 0 Å². The van der Waals surface area contributed by atoms with E-state index in [-0.39, 0.29) is 0 Å². The Morgan fingerprint density at radius 1 is 0.735 bits per heavy atom. The second kappa shape index (κ2) is 7.56. The number of hydrogen-bond acceptors (Lipinski definition) is 2. The molecule has 0 N–H and O–H groups in total. The first-order chi connectivity index (χ1) is 16.9. The summed E-state index contributed by atoms with van der Waals surface area (Å²) >= 11 is 0. The standard InChI is InChI=1S/C30H22N4/c1-3-9-21(10-4-1)30-31-19-17-28(32-30)33-20-18-25-26(33)16-15-24-23-13-7-8-14-27(23)34(29(24)25)22-11-5-2-6-12-22/h1-5,7-11,13-20H,6,12H2. The Kier molecular flexibility index (Phi) is 4.24. The van der Waals surface area contributed by atoms with Crippen LogP contribution in [-0.2, 0) is 0 Å². The molecule has 0 atom stereocenters. The molecule has 3 heterocycles. The van der Waals surface area contributed by atoms with Crippen molar-refractivity contribution in [3.63, 3.8) is 0 Å². The summed E-state index contributed by atoms with van der Waals surface area (Å²) in [6, 6.07) is 27.5. The Labute approximate surface area is 197 Å². The van der Waals surface area contributed by atoms with Crippen LogP contribution in [0.4, 0.5) is 0 Å². The second-order valence-electron chi connectivity index (χ2n) is 8.66. The van der Waals surface area contributed by atoms with Crippen LogP contribution in [0.5, 0.6) is 0 Å². The third-order valence-electron chi connectivity index (χ3n) is 6.70. The van der Waals surface area contributed by atoms with Gasteiger partial charge in [0.1, 0.15) is 5.82 Å². The van der Waals surface area contributed by atoms with Gasteiger partial charge in [0.25, 0.3) is 0 Å². The maximum absolute atomic E-state index is 4.90. The lowest BCUT2D eigenvalue weighted by molar-refractivity contribution is 0.980. The molecular weight excluding hydrogens is 416 g/mol. The van der Waals surface area contributed by atoms with Crippen molar-refractivity contribution in [2.75, 3.05) is 0 Å². The van der Waals surface area contributed by atoms with Gasteiger partial charge >= 0.3 is 0 Å². The fourth-order valence-electron chi connectivity index (χ4n) is 5.16. The van der Waals surface area contributed by atoms with Gasteiger partial charge in [-0.25, -0.2) is 9.97 Å². The maximum atomic E-state index is 4.90. The van der Waals surface area contributed by atoms with Crippen LogP contribution >= 0.6 is 0 Å². The van der Waals surface area contributed by atoms with Gasteiger partial charge in [0.15, 0.2) is 5.82 Å². The summed E-state index contributed by atoms with van der Waals surface area (Å²) in [7, 11) is 0. The molecule has 0 spiro atoms. The van der Waals surface area contributed by atoms with Crippen molar-refractivity contribution in [2.45, 2.75) is 12.8 Å². The summed E-state index contributed by atoms with van der Waals surface area (Å²) in [5, 5.41) is 3.80. The van der Waals surface area contributed by atoms with Crippen molar-refractivity contribution < 1.29 is 0 Å². The second-order valence-corrected chi connectivity index (χ2v) is 8.66. The van der Waals surface area contributed by atoms with Gasteiger partial charge in [-0.2, -0.15) is 0 Å². The number of fused-ring (bicyclic) bond motifs is 5. The molecule has 3 aromatic heterocycles. The molecule has 1 aliphatic carbocycles. The van der Waals surface area contributed by atoms with Crippen LogP contribution in [-0.4, -0.2) is 19.1 Å². The van der Waals surface area contributed by atoms with Crippen LogP contribution in [0.3, 0.4) is 0 Å². The van der Waals surface area contributed by atoms with Crippen molar-refractivity contribution in [2.24, 2.45) is 0 Å². The zero-order chi connectivity index (χ0) is 22.5. The summed E-state index contributed by atoms with van der Waals surface area (Å²) in [5.41, 5.74) is 6.01. The molecule has 0 saturated heterocycles. The molecule has 0 radical (unpaired) electrons. The van der Waals surface area contributed by atoms with E-state index in [0.717, 1.165) is 35.6 Å². The van der Waals surface area contributed by atoms with Crippen LogP contribution in [0.2, 0.25) is 0 Å². The summed E-state index contributed by atoms with van der Waals surface area (Å²) in [6.45, 7) is 0. The Morgan fingerprint density at radius 3 is 2.50 bits per heavy atom. The molecule has 0 bridgehead atoms. The fraction of sp³-hybridized carbons (Fsp3) is 0.0667. The number of nitrogens with zero attached hydrogens (tertiary/aromatic N) is 4. The molecule has 7 rings (SSSR count). The van der Waals surface area contributed by atoms with Crippen LogP contribution in [0.25, 0.3) is 55.6 Å². The zero-order valence-corrected chi connectivity index (χ0v) is 18.6. The molecule has 4 nitrogen and oxygen atoms in total. The molecule has 0 fully saturated rings. The van der Waals surface area contributed by atoms with Crippen molar-refractivity contribution in [1.82, 2.24) is 19.1 Å². The minimum Gasteiger partial charge on any atom is -0.312 e. The lowest BCUT2D eigenvalue weighted by Gasteiger charge is -2.14. The highest BCUT2D eigenvalue weighted by molar-refractivity contribution is 6.19. The summed E-state index contributed by atoms with van der Waals surface area (Å²) in [5.74, 6) is 1.60. The number of aromatic nitrogens is 4. The van der Waals surface area contributed by atoms with Gasteiger partial charge in [-0.05, 0) is 43.2 Å². The van der Waals surface area contributed by atoms with E-state index in [2.05, 4.69) is 81.0 Å². The molecule has 0 aliphatic heterocycles. The third-order valence-corrected chi connectivity index (χ3v) is 6.70. The Bertz CT molecular complexity index is 1750. The quantitative estimate of drug-likeness (QED) is 0.289. The molecule has 1 aliphatic rings. The van der Waals surface area contributed by atoms with E-state index in [1.807, 2.05) is 42.6 Å². The molecule has 162 valence electrons. The first kappa shape index (κ1) is 19.1. The lowest BCUT2D eigenvalue weighted by Crippen LogP contribution is -2.00. The highest BCUT2D eigenvalue weighted by atomic mass is 15.1. The summed E-state index contributed by atoms with van der Waals surface area (Å²) in [6.07, 6.45) is 12.7. The molecular formula is C30H22N4. The third kappa shape index (κ3) is 2.85. The molecule has 4 heteroatoms. The molecule has 0 unspecified atom stereocenters.